The maximum absolute atomic E-state index is 12.1. The quantitative estimate of drug-likeness (QED) is 0.797. The van der Waals surface area contributed by atoms with Crippen molar-refractivity contribution in [3.8, 4) is 0 Å². The molecule has 0 radical (unpaired) electrons. The van der Waals surface area contributed by atoms with E-state index in [2.05, 4.69) is 4.98 Å². The number of benzene rings is 1. The third-order valence-electron chi connectivity index (χ3n) is 3.56. The molecule has 20 heavy (non-hydrogen) atoms. The highest BCUT2D eigenvalue weighted by atomic mass is 16.2. The number of hydrogen-bond donors (Lipinski definition) is 0. The van der Waals surface area contributed by atoms with Crippen LogP contribution in [0.3, 0.4) is 0 Å². The van der Waals surface area contributed by atoms with Crippen molar-refractivity contribution in [2.24, 2.45) is 0 Å². The number of ketones is 1. The molecule has 0 saturated heterocycles. The molecule has 0 atom stereocenters. The summed E-state index contributed by atoms with van der Waals surface area (Å²) in [6, 6.07) is 3.84. The maximum atomic E-state index is 12.1. The van der Waals surface area contributed by atoms with Crippen molar-refractivity contribution in [2.45, 2.75) is 20.4 Å². The second-order valence-corrected chi connectivity index (χ2v) is 5.06. The smallest absolute Gasteiger partial charge is 0.299 e. The van der Waals surface area contributed by atoms with Crippen LogP contribution in [0.4, 0.5) is 5.69 Å². The second kappa shape index (κ2) is 4.59. The number of hydrogen-bond acceptors (Lipinski definition) is 3. The molecule has 0 spiro atoms. The van der Waals surface area contributed by atoms with Crippen LogP contribution in [0, 0.1) is 13.8 Å². The van der Waals surface area contributed by atoms with Crippen LogP contribution in [0.1, 0.15) is 21.5 Å². The first-order valence-corrected chi connectivity index (χ1v) is 6.51. The molecule has 1 aromatic heterocycles. The fourth-order valence-corrected chi connectivity index (χ4v) is 2.65. The summed E-state index contributed by atoms with van der Waals surface area (Å²) in [5.41, 5.74) is 3.20. The van der Waals surface area contributed by atoms with Crippen LogP contribution in [0.25, 0.3) is 0 Å². The summed E-state index contributed by atoms with van der Waals surface area (Å²) in [4.78, 5) is 29.8. The van der Waals surface area contributed by atoms with Gasteiger partial charge in [0.2, 0.25) is 0 Å². The lowest BCUT2D eigenvalue weighted by atomic mass is 10.0. The first-order valence-electron chi connectivity index (χ1n) is 6.51. The molecule has 5 heteroatoms. The lowest BCUT2D eigenvalue weighted by molar-refractivity contribution is -0.114. The lowest BCUT2D eigenvalue weighted by Gasteiger charge is -2.17. The Morgan fingerprint density at radius 1 is 1.15 bits per heavy atom. The van der Waals surface area contributed by atoms with E-state index in [1.54, 1.807) is 17.4 Å². The Bertz CT molecular complexity index is 689. The van der Waals surface area contributed by atoms with Crippen molar-refractivity contribution >= 4 is 17.4 Å². The highest BCUT2D eigenvalue weighted by Crippen LogP contribution is 2.32. The molecule has 1 aliphatic rings. The van der Waals surface area contributed by atoms with E-state index in [9.17, 15) is 9.59 Å². The largest absolute Gasteiger partial charge is 0.336 e. The van der Waals surface area contributed by atoms with Gasteiger partial charge in [-0.25, -0.2) is 4.98 Å². The van der Waals surface area contributed by atoms with Gasteiger partial charge in [-0.15, -0.1) is 0 Å². The van der Waals surface area contributed by atoms with E-state index >= 15 is 0 Å². The van der Waals surface area contributed by atoms with Crippen LogP contribution in [-0.2, 0) is 11.3 Å². The Hall–Kier alpha value is -2.43. The molecule has 0 aliphatic carbocycles. The molecular formula is C15H15N3O2. The summed E-state index contributed by atoms with van der Waals surface area (Å²) in [5, 5.41) is 0. The average molecular weight is 269 g/mol. The van der Waals surface area contributed by atoms with Crippen molar-refractivity contribution < 1.29 is 9.59 Å². The molecule has 5 nitrogen and oxygen atoms in total. The number of aryl methyl sites for hydroxylation is 2. The van der Waals surface area contributed by atoms with Gasteiger partial charge in [0.15, 0.2) is 0 Å². The number of Topliss-reactive ketones (excluding diaryl/α,β-unsaturated/α-hetero) is 1. The molecule has 2 heterocycles. The number of rotatable bonds is 3. The minimum atomic E-state index is -0.436. The summed E-state index contributed by atoms with van der Waals surface area (Å²) >= 11 is 0. The maximum Gasteiger partial charge on any atom is 0.299 e. The van der Waals surface area contributed by atoms with Crippen molar-refractivity contribution in [1.29, 1.82) is 0 Å². The molecule has 1 aromatic carbocycles. The number of aromatic nitrogens is 2. The predicted octanol–water partition coefficient (Wildman–Crippen LogP) is 1.73. The van der Waals surface area contributed by atoms with E-state index in [0.29, 0.717) is 18.7 Å². The standard InChI is InChI=1S/C15H15N3O2/c1-10-7-11(2)13-12(8-10)18(15(20)14(13)19)6-5-17-4-3-16-9-17/h3-4,7-9H,5-6H2,1-2H3. The van der Waals surface area contributed by atoms with Gasteiger partial charge in [0.1, 0.15) is 0 Å². The average Bonchev–Trinajstić information content (AvgIpc) is 2.97. The topological polar surface area (TPSA) is 55.2 Å². The van der Waals surface area contributed by atoms with Gasteiger partial charge in [-0.1, -0.05) is 6.07 Å². The number of carbonyl (C=O) groups excluding carboxylic acids is 2. The molecular weight excluding hydrogens is 254 g/mol. The van der Waals surface area contributed by atoms with Crippen LogP contribution in [-0.4, -0.2) is 27.8 Å². The normalized spacial score (nSPS) is 14.0. The number of nitrogens with zero attached hydrogens (tertiary/aromatic N) is 3. The first-order chi connectivity index (χ1) is 9.58. The molecule has 1 amide bonds. The minimum Gasteiger partial charge on any atom is -0.336 e. The molecule has 102 valence electrons. The second-order valence-electron chi connectivity index (χ2n) is 5.06. The van der Waals surface area contributed by atoms with Gasteiger partial charge in [-0.2, -0.15) is 0 Å². The van der Waals surface area contributed by atoms with Gasteiger partial charge in [0.25, 0.3) is 11.7 Å². The molecule has 2 aromatic rings. The number of carbonyl (C=O) groups is 2. The van der Waals surface area contributed by atoms with E-state index in [1.165, 1.54) is 0 Å². The summed E-state index contributed by atoms with van der Waals surface area (Å²) in [6.45, 7) is 4.92. The number of amides is 1. The molecule has 0 N–H and O–H groups in total. The van der Waals surface area contributed by atoms with Crippen molar-refractivity contribution in [3.63, 3.8) is 0 Å². The van der Waals surface area contributed by atoms with Crippen LogP contribution in [0.2, 0.25) is 0 Å². The zero-order valence-electron chi connectivity index (χ0n) is 11.5. The van der Waals surface area contributed by atoms with E-state index in [-0.39, 0.29) is 0 Å². The Balaban J connectivity index is 1.93. The highest BCUT2D eigenvalue weighted by molar-refractivity contribution is 6.52. The van der Waals surface area contributed by atoms with Gasteiger partial charge in [-0.3, -0.25) is 9.59 Å². The molecule has 0 saturated carbocycles. The number of anilines is 1. The Morgan fingerprint density at radius 3 is 2.65 bits per heavy atom. The van der Waals surface area contributed by atoms with Gasteiger partial charge in [0, 0.05) is 25.5 Å². The fraction of sp³-hybridized carbons (Fsp3) is 0.267. The highest BCUT2D eigenvalue weighted by Gasteiger charge is 2.36. The SMILES string of the molecule is Cc1cc(C)c2c(c1)N(CCn1ccnc1)C(=O)C2=O. The summed E-state index contributed by atoms with van der Waals surface area (Å²) in [6.07, 6.45) is 5.23. The monoisotopic (exact) mass is 269 g/mol. The van der Waals surface area contributed by atoms with Crippen molar-refractivity contribution in [3.05, 3.63) is 47.5 Å². The van der Waals surface area contributed by atoms with Gasteiger partial charge in [0.05, 0.1) is 17.6 Å². The van der Waals surface area contributed by atoms with E-state index in [1.807, 2.05) is 36.7 Å². The van der Waals surface area contributed by atoms with E-state index in [0.717, 1.165) is 16.8 Å². The van der Waals surface area contributed by atoms with E-state index in [4.69, 9.17) is 0 Å². The lowest BCUT2D eigenvalue weighted by Crippen LogP contribution is -2.32. The van der Waals surface area contributed by atoms with Gasteiger partial charge in [-0.05, 0) is 31.0 Å². The Morgan fingerprint density at radius 2 is 1.95 bits per heavy atom. The fourth-order valence-electron chi connectivity index (χ4n) is 2.65. The van der Waals surface area contributed by atoms with Gasteiger partial charge < -0.3 is 9.47 Å². The predicted molar refractivity (Wildman–Crippen MR) is 74.8 cm³/mol. The minimum absolute atomic E-state index is 0.400. The number of fused-ring (bicyclic) bond motifs is 1. The van der Waals surface area contributed by atoms with Crippen molar-refractivity contribution in [1.82, 2.24) is 9.55 Å². The third-order valence-corrected chi connectivity index (χ3v) is 3.56. The summed E-state index contributed by atoms with van der Waals surface area (Å²) in [5.74, 6) is -0.836. The van der Waals surface area contributed by atoms with Crippen molar-refractivity contribution in [2.75, 3.05) is 11.4 Å². The Labute approximate surface area is 116 Å². The molecule has 0 bridgehead atoms. The first kappa shape index (κ1) is 12.6. The number of imidazole rings is 1. The zero-order chi connectivity index (χ0) is 14.3. The van der Waals surface area contributed by atoms with Crippen LogP contribution in [0.15, 0.2) is 30.9 Å². The van der Waals surface area contributed by atoms with Crippen LogP contribution >= 0.6 is 0 Å². The molecule has 0 fully saturated rings. The Kier molecular flexibility index (Phi) is 2.89. The van der Waals surface area contributed by atoms with Crippen LogP contribution in [0.5, 0.6) is 0 Å². The molecule has 1 aliphatic heterocycles. The molecule has 3 rings (SSSR count). The summed E-state index contributed by atoms with van der Waals surface area (Å²) in [7, 11) is 0. The van der Waals surface area contributed by atoms with Crippen LogP contribution < -0.4 is 4.90 Å². The van der Waals surface area contributed by atoms with E-state index < -0.39 is 11.7 Å². The molecule has 0 unspecified atom stereocenters. The third kappa shape index (κ3) is 1.91. The van der Waals surface area contributed by atoms with Gasteiger partial charge >= 0.3 is 0 Å². The zero-order valence-corrected chi connectivity index (χ0v) is 11.5. The summed E-state index contributed by atoms with van der Waals surface area (Å²) < 4.78 is 1.89.